The molecule has 1 amide bonds. The summed E-state index contributed by atoms with van der Waals surface area (Å²) in [6.07, 6.45) is 4.32. The normalized spacial score (nSPS) is 17.7. The van der Waals surface area contributed by atoms with Gasteiger partial charge in [-0.25, -0.2) is 0 Å². The number of hydrogen-bond donors (Lipinski definition) is 1. The smallest absolute Gasteiger partial charge is 0.254 e. The molecule has 22 heavy (non-hydrogen) atoms. The van der Waals surface area contributed by atoms with Crippen molar-refractivity contribution >= 4 is 23.2 Å². The third kappa shape index (κ3) is 3.25. The van der Waals surface area contributed by atoms with Gasteiger partial charge in [-0.05, 0) is 31.5 Å². The van der Waals surface area contributed by atoms with E-state index in [9.17, 15) is 4.79 Å². The lowest BCUT2D eigenvalue weighted by atomic mass is 10.2. The van der Waals surface area contributed by atoms with Crippen LogP contribution in [0.2, 0.25) is 5.02 Å². The van der Waals surface area contributed by atoms with Crippen LogP contribution in [0.1, 0.15) is 23.7 Å². The number of aryl methyl sites for hydroxylation is 1. The molecule has 1 aromatic heterocycles. The van der Waals surface area contributed by atoms with Crippen molar-refractivity contribution in [3.8, 4) is 0 Å². The Bertz CT molecular complexity index is 670. The van der Waals surface area contributed by atoms with E-state index in [1.54, 1.807) is 17.1 Å². The Balaban J connectivity index is 1.60. The van der Waals surface area contributed by atoms with E-state index in [2.05, 4.69) is 15.3 Å². The van der Waals surface area contributed by atoms with Crippen molar-refractivity contribution < 1.29 is 4.79 Å². The van der Waals surface area contributed by atoms with Gasteiger partial charge in [-0.3, -0.25) is 9.48 Å². The number of benzene rings is 1. The number of amides is 1. The second-order valence-electron chi connectivity index (χ2n) is 5.47. The van der Waals surface area contributed by atoms with Gasteiger partial charge in [0.15, 0.2) is 0 Å². The molecule has 0 spiro atoms. The van der Waals surface area contributed by atoms with Gasteiger partial charge in [-0.15, -0.1) is 0 Å². The molecule has 1 atom stereocenters. The second-order valence-corrected chi connectivity index (χ2v) is 5.91. The minimum absolute atomic E-state index is 0.0577. The molecule has 5 nitrogen and oxygen atoms in total. The molecule has 1 aliphatic heterocycles. The van der Waals surface area contributed by atoms with Crippen LogP contribution >= 0.6 is 11.6 Å². The average Bonchev–Trinajstić information content (AvgIpc) is 3.16. The summed E-state index contributed by atoms with van der Waals surface area (Å²) in [6, 6.07) is 7.96. The highest BCUT2D eigenvalue weighted by atomic mass is 35.5. The van der Waals surface area contributed by atoms with E-state index >= 15 is 0 Å². The summed E-state index contributed by atoms with van der Waals surface area (Å²) in [5.74, 6) is -0.0577. The average molecular weight is 319 g/mol. The largest absolute Gasteiger partial charge is 0.369 e. The number of hydrogen-bond acceptors (Lipinski definition) is 3. The van der Waals surface area contributed by atoms with E-state index in [1.807, 2.05) is 31.2 Å². The molecule has 1 fully saturated rings. The number of nitrogens with zero attached hydrogens (tertiary/aromatic N) is 3. The van der Waals surface area contributed by atoms with E-state index in [-0.39, 0.29) is 11.9 Å². The summed E-state index contributed by atoms with van der Waals surface area (Å²) < 4.78 is 1.75. The van der Waals surface area contributed by atoms with Crippen LogP contribution < -0.4 is 10.2 Å². The van der Waals surface area contributed by atoms with Gasteiger partial charge < -0.3 is 10.2 Å². The van der Waals surface area contributed by atoms with E-state index in [0.29, 0.717) is 5.56 Å². The molecule has 0 bridgehead atoms. The fourth-order valence-corrected chi connectivity index (χ4v) is 2.89. The fraction of sp³-hybridized carbons (Fsp3) is 0.375. The van der Waals surface area contributed by atoms with Crippen LogP contribution in [0.25, 0.3) is 0 Å². The highest BCUT2D eigenvalue weighted by molar-refractivity contribution is 6.30. The molecule has 0 radical (unpaired) electrons. The first-order valence-corrected chi connectivity index (χ1v) is 7.87. The Morgan fingerprint density at radius 3 is 3.09 bits per heavy atom. The van der Waals surface area contributed by atoms with Crippen LogP contribution in [0.3, 0.4) is 0 Å². The molecule has 6 heteroatoms. The van der Waals surface area contributed by atoms with Crippen molar-refractivity contribution in [2.24, 2.45) is 0 Å². The second kappa shape index (κ2) is 6.40. The Morgan fingerprint density at radius 2 is 2.36 bits per heavy atom. The molecule has 1 aromatic carbocycles. The monoisotopic (exact) mass is 318 g/mol. The maximum absolute atomic E-state index is 12.2. The number of nitrogens with one attached hydrogen (secondary N) is 1. The molecular formula is C16H19ClN4O. The zero-order valence-corrected chi connectivity index (χ0v) is 13.3. The molecule has 1 aliphatic rings. The van der Waals surface area contributed by atoms with Crippen molar-refractivity contribution in [1.82, 2.24) is 15.1 Å². The summed E-state index contributed by atoms with van der Waals surface area (Å²) in [7, 11) is 0. The van der Waals surface area contributed by atoms with Gasteiger partial charge in [0.1, 0.15) is 0 Å². The van der Waals surface area contributed by atoms with Crippen LogP contribution in [-0.4, -0.2) is 34.8 Å². The van der Waals surface area contributed by atoms with Gasteiger partial charge in [0.2, 0.25) is 0 Å². The van der Waals surface area contributed by atoms with E-state index < -0.39 is 0 Å². The van der Waals surface area contributed by atoms with Gasteiger partial charge in [-0.1, -0.05) is 17.7 Å². The summed E-state index contributed by atoms with van der Waals surface area (Å²) in [5.41, 5.74) is 1.71. The first-order valence-electron chi connectivity index (χ1n) is 7.49. The zero-order chi connectivity index (χ0) is 15.5. The van der Waals surface area contributed by atoms with Crippen molar-refractivity contribution in [2.45, 2.75) is 25.9 Å². The molecule has 2 aromatic rings. The Labute approximate surface area is 134 Å². The molecule has 0 saturated carbocycles. The summed E-state index contributed by atoms with van der Waals surface area (Å²) >= 11 is 6.03. The quantitative estimate of drug-likeness (QED) is 0.942. The lowest BCUT2D eigenvalue weighted by Crippen LogP contribution is -2.37. The van der Waals surface area contributed by atoms with Crippen LogP contribution in [0.5, 0.6) is 0 Å². The highest BCUT2D eigenvalue weighted by Crippen LogP contribution is 2.23. The van der Waals surface area contributed by atoms with Crippen LogP contribution in [-0.2, 0) is 6.54 Å². The van der Waals surface area contributed by atoms with Gasteiger partial charge in [-0.2, -0.15) is 5.10 Å². The van der Waals surface area contributed by atoms with Crippen molar-refractivity contribution in [3.05, 3.63) is 47.2 Å². The van der Waals surface area contributed by atoms with E-state index in [0.717, 1.165) is 36.8 Å². The molecule has 2 heterocycles. The number of carbonyl (C=O) groups excluding carboxylic acids is 1. The number of rotatable bonds is 4. The molecule has 3 rings (SSSR count). The van der Waals surface area contributed by atoms with Gasteiger partial charge in [0.05, 0.1) is 11.8 Å². The number of halogens is 1. The first kappa shape index (κ1) is 14.9. The van der Waals surface area contributed by atoms with E-state index in [1.165, 1.54) is 0 Å². The molecule has 1 unspecified atom stereocenters. The Kier molecular flexibility index (Phi) is 4.34. The number of aromatic nitrogens is 2. The molecule has 1 N–H and O–H groups in total. The van der Waals surface area contributed by atoms with Gasteiger partial charge >= 0.3 is 0 Å². The topological polar surface area (TPSA) is 50.2 Å². The van der Waals surface area contributed by atoms with Crippen molar-refractivity contribution in [2.75, 3.05) is 18.0 Å². The number of carbonyl (C=O) groups is 1. The fourth-order valence-electron chi connectivity index (χ4n) is 2.71. The minimum atomic E-state index is -0.0577. The number of anilines is 1. The van der Waals surface area contributed by atoms with Crippen LogP contribution in [0, 0.1) is 0 Å². The highest BCUT2D eigenvalue weighted by Gasteiger charge is 2.24. The molecule has 116 valence electrons. The summed E-state index contributed by atoms with van der Waals surface area (Å²) in [5, 5.41) is 7.95. The lowest BCUT2D eigenvalue weighted by Gasteiger charge is -2.19. The molecule has 0 aliphatic carbocycles. The Hall–Kier alpha value is -2.01. The summed E-state index contributed by atoms with van der Waals surface area (Å²) in [4.78, 5) is 14.5. The van der Waals surface area contributed by atoms with Gasteiger partial charge in [0, 0.05) is 42.6 Å². The third-order valence-electron chi connectivity index (χ3n) is 3.92. The standard InChI is InChI=1S/C16H19ClN4O/c1-2-21-10-12(9-18-21)16(22)19-14-6-7-20(11-14)15-5-3-4-13(17)8-15/h3-5,8-10,14H,2,6-7,11H2,1H3,(H,19,22). The first-order chi connectivity index (χ1) is 10.7. The van der Waals surface area contributed by atoms with Crippen LogP contribution in [0.4, 0.5) is 5.69 Å². The summed E-state index contributed by atoms with van der Waals surface area (Å²) in [6.45, 7) is 4.47. The molecular weight excluding hydrogens is 300 g/mol. The van der Waals surface area contributed by atoms with Crippen LogP contribution in [0.15, 0.2) is 36.7 Å². The maximum Gasteiger partial charge on any atom is 0.254 e. The maximum atomic E-state index is 12.2. The van der Waals surface area contributed by atoms with Crippen molar-refractivity contribution in [1.29, 1.82) is 0 Å². The SMILES string of the molecule is CCn1cc(C(=O)NC2CCN(c3cccc(Cl)c3)C2)cn1. The predicted molar refractivity (Wildman–Crippen MR) is 87.4 cm³/mol. The van der Waals surface area contributed by atoms with Crippen molar-refractivity contribution in [3.63, 3.8) is 0 Å². The van der Waals surface area contributed by atoms with E-state index in [4.69, 9.17) is 11.6 Å². The third-order valence-corrected chi connectivity index (χ3v) is 4.15. The molecule has 1 saturated heterocycles. The zero-order valence-electron chi connectivity index (χ0n) is 12.5. The minimum Gasteiger partial charge on any atom is -0.369 e. The Morgan fingerprint density at radius 1 is 1.50 bits per heavy atom. The lowest BCUT2D eigenvalue weighted by molar-refractivity contribution is 0.0940. The predicted octanol–water partition coefficient (Wildman–Crippen LogP) is 2.57. The van der Waals surface area contributed by atoms with Gasteiger partial charge in [0.25, 0.3) is 5.91 Å².